The molecule has 2 heteroatoms. The lowest BCUT2D eigenvalue weighted by atomic mass is 10.1. The standard InChI is InChI=1S/C22H48N.C19H42N/c1-5-8-11-14-17-20-23(4,21-18-15-12-9-6-2)22-19-16-13-10-7-3;1-5-9-13-17-20(16-12-8-4,18-14-10-6-2)19-15-11-7-3/h5-22H2,1-4H3;5-19H2,1-4H3/q2*+1. The summed E-state index contributed by atoms with van der Waals surface area (Å²) in [6.45, 7) is 26.3. The quantitative estimate of drug-likeness (QED) is 0.0512. The monoisotopic (exact) mass is 611 g/mol. The van der Waals surface area contributed by atoms with Gasteiger partial charge < -0.3 is 8.97 Å². The number of unbranched alkanes of at least 4 members (excludes halogenated alkanes) is 19. The molecule has 0 saturated heterocycles. The summed E-state index contributed by atoms with van der Waals surface area (Å²) in [5.41, 5.74) is 0. The molecule has 0 aliphatic heterocycles. The van der Waals surface area contributed by atoms with E-state index in [1.165, 1.54) is 222 Å². The maximum atomic E-state index is 2.54. The third-order valence-corrected chi connectivity index (χ3v) is 10.1. The first-order chi connectivity index (χ1) is 20.9. The zero-order chi connectivity index (χ0) is 32.3. The molecule has 0 saturated carbocycles. The third-order valence-electron chi connectivity index (χ3n) is 10.1. The van der Waals surface area contributed by atoms with Gasteiger partial charge in [-0.15, -0.1) is 0 Å². The summed E-state index contributed by atoms with van der Waals surface area (Å²) in [5.74, 6) is 0. The second kappa shape index (κ2) is 34.8. The highest BCUT2D eigenvalue weighted by atomic mass is 15.3. The van der Waals surface area contributed by atoms with Gasteiger partial charge in [0.2, 0.25) is 0 Å². The van der Waals surface area contributed by atoms with E-state index in [9.17, 15) is 0 Å². The van der Waals surface area contributed by atoms with Gasteiger partial charge in [0.1, 0.15) is 0 Å². The van der Waals surface area contributed by atoms with Crippen molar-refractivity contribution in [1.29, 1.82) is 0 Å². The molecule has 0 aromatic carbocycles. The van der Waals surface area contributed by atoms with Gasteiger partial charge in [-0.25, -0.2) is 0 Å². The summed E-state index contributed by atoms with van der Waals surface area (Å²) in [7, 11) is 2.54. The predicted octanol–water partition coefficient (Wildman–Crippen LogP) is 13.5. The van der Waals surface area contributed by atoms with Gasteiger partial charge in [0.05, 0.1) is 52.9 Å². The number of nitrogens with zero attached hydrogens (tertiary/aromatic N) is 2. The molecular weight excluding hydrogens is 520 g/mol. The van der Waals surface area contributed by atoms with Crippen LogP contribution in [0.25, 0.3) is 0 Å². The molecule has 0 rings (SSSR count). The van der Waals surface area contributed by atoms with Crippen LogP contribution in [0.1, 0.15) is 215 Å². The SMILES string of the molecule is CCCCCCC[N+](C)(CCCCCCC)CCCCCCC.CCCCC[N+](CCCC)(CCCCC)CCCCC. The van der Waals surface area contributed by atoms with Crippen molar-refractivity contribution in [3.8, 4) is 0 Å². The van der Waals surface area contributed by atoms with E-state index in [-0.39, 0.29) is 0 Å². The molecule has 0 radical (unpaired) electrons. The molecule has 0 bridgehead atoms. The first kappa shape index (κ1) is 45.0. The van der Waals surface area contributed by atoms with Gasteiger partial charge >= 0.3 is 0 Å². The molecule has 0 heterocycles. The largest absolute Gasteiger partial charge is 0.326 e. The van der Waals surface area contributed by atoms with E-state index < -0.39 is 0 Å². The number of hydrogen-bond donors (Lipinski definition) is 0. The fourth-order valence-corrected chi connectivity index (χ4v) is 6.88. The van der Waals surface area contributed by atoms with Crippen LogP contribution in [-0.2, 0) is 0 Å². The van der Waals surface area contributed by atoms with Crippen molar-refractivity contribution >= 4 is 0 Å². The zero-order valence-corrected chi connectivity index (χ0v) is 32.2. The van der Waals surface area contributed by atoms with Crippen molar-refractivity contribution < 1.29 is 8.97 Å². The average Bonchev–Trinajstić information content (AvgIpc) is 3.00. The van der Waals surface area contributed by atoms with Crippen molar-refractivity contribution in [3.63, 3.8) is 0 Å². The minimum absolute atomic E-state index is 1.35. The van der Waals surface area contributed by atoms with Gasteiger partial charge in [0, 0.05) is 0 Å². The van der Waals surface area contributed by atoms with Crippen LogP contribution in [0.3, 0.4) is 0 Å². The van der Waals surface area contributed by atoms with E-state index in [0.29, 0.717) is 0 Å². The molecule has 0 aliphatic carbocycles. The van der Waals surface area contributed by atoms with E-state index in [4.69, 9.17) is 0 Å². The third kappa shape index (κ3) is 30.3. The molecular formula is C41H90N2+2. The molecule has 0 spiro atoms. The maximum Gasteiger partial charge on any atom is 0.0786 e. The summed E-state index contributed by atoms with van der Waals surface area (Å²) < 4.78 is 2.79. The Morgan fingerprint density at radius 1 is 0.233 bits per heavy atom. The van der Waals surface area contributed by atoms with Gasteiger partial charge in [0.15, 0.2) is 0 Å². The van der Waals surface area contributed by atoms with Gasteiger partial charge in [-0.1, -0.05) is 132 Å². The Hall–Kier alpha value is -0.0800. The van der Waals surface area contributed by atoms with Crippen LogP contribution in [0, 0.1) is 0 Å². The predicted molar refractivity (Wildman–Crippen MR) is 200 cm³/mol. The molecule has 43 heavy (non-hydrogen) atoms. The summed E-state index contributed by atoms with van der Waals surface area (Å²) in [5, 5.41) is 0. The number of hydrogen-bond acceptors (Lipinski definition) is 0. The van der Waals surface area contributed by atoms with Crippen molar-refractivity contribution in [3.05, 3.63) is 0 Å². The van der Waals surface area contributed by atoms with E-state index in [2.05, 4.69) is 55.5 Å². The molecule has 0 aromatic rings. The normalized spacial score (nSPS) is 12.0. The van der Waals surface area contributed by atoms with Crippen LogP contribution in [0.2, 0.25) is 0 Å². The highest BCUT2D eigenvalue weighted by molar-refractivity contribution is 4.52. The van der Waals surface area contributed by atoms with Crippen molar-refractivity contribution in [2.45, 2.75) is 215 Å². The first-order valence-electron chi connectivity index (χ1n) is 20.6. The minimum Gasteiger partial charge on any atom is -0.326 e. The van der Waals surface area contributed by atoms with Crippen LogP contribution in [-0.4, -0.2) is 61.8 Å². The Labute approximate surface area is 276 Å². The second-order valence-electron chi connectivity index (χ2n) is 14.7. The Bertz CT molecular complexity index is 439. The van der Waals surface area contributed by atoms with Crippen molar-refractivity contribution in [2.75, 3.05) is 52.9 Å². The fourth-order valence-electron chi connectivity index (χ4n) is 6.88. The topological polar surface area (TPSA) is 0 Å². The maximum absolute atomic E-state index is 2.54. The van der Waals surface area contributed by atoms with E-state index >= 15 is 0 Å². The van der Waals surface area contributed by atoms with Gasteiger partial charge in [-0.2, -0.15) is 0 Å². The molecule has 0 amide bonds. The van der Waals surface area contributed by atoms with Gasteiger partial charge in [-0.3, -0.25) is 0 Å². The molecule has 0 fully saturated rings. The molecule has 0 aliphatic rings. The smallest absolute Gasteiger partial charge is 0.0786 e. The van der Waals surface area contributed by atoms with Crippen LogP contribution in [0.15, 0.2) is 0 Å². The molecule has 0 unspecified atom stereocenters. The fraction of sp³-hybridized carbons (Fsp3) is 1.00. The molecule has 0 N–H and O–H groups in total. The molecule has 0 aromatic heterocycles. The van der Waals surface area contributed by atoms with Crippen LogP contribution in [0.4, 0.5) is 0 Å². The van der Waals surface area contributed by atoms with Crippen molar-refractivity contribution in [2.24, 2.45) is 0 Å². The van der Waals surface area contributed by atoms with E-state index in [0.717, 1.165) is 0 Å². The minimum atomic E-state index is 1.35. The summed E-state index contributed by atoms with van der Waals surface area (Å²) in [4.78, 5) is 0. The van der Waals surface area contributed by atoms with Gasteiger partial charge in [-0.05, 0) is 83.5 Å². The summed E-state index contributed by atoms with van der Waals surface area (Å²) in [6, 6.07) is 0. The second-order valence-corrected chi connectivity index (χ2v) is 14.7. The highest BCUT2D eigenvalue weighted by Crippen LogP contribution is 2.18. The highest BCUT2D eigenvalue weighted by Gasteiger charge is 2.25. The zero-order valence-electron chi connectivity index (χ0n) is 32.2. The Morgan fingerprint density at radius 2 is 0.442 bits per heavy atom. The van der Waals surface area contributed by atoms with Crippen molar-refractivity contribution in [1.82, 2.24) is 0 Å². The average molecular weight is 611 g/mol. The lowest BCUT2D eigenvalue weighted by Gasteiger charge is -2.39. The lowest BCUT2D eigenvalue weighted by molar-refractivity contribution is -0.929. The summed E-state index contributed by atoms with van der Waals surface area (Å²) >= 11 is 0. The van der Waals surface area contributed by atoms with E-state index in [1.807, 2.05) is 0 Å². The van der Waals surface area contributed by atoms with Gasteiger partial charge in [0.25, 0.3) is 0 Å². The first-order valence-corrected chi connectivity index (χ1v) is 20.6. The van der Waals surface area contributed by atoms with Crippen LogP contribution < -0.4 is 0 Å². The number of rotatable bonds is 33. The molecule has 2 nitrogen and oxygen atoms in total. The Morgan fingerprint density at radius 3 is 0.721 bits per heavy atom. The number of quaternary nitrogens is 2. The molecule has 0 atom stereocenters. The van der Waals surface area contributed by atoms with Crippen LogP contribution in [0.5, 0.6) is 0 Å². The Kier molecular flexibility index (Phi) is 36.4. The lowest BCUT2D eigenvalue weighted by Crippen LogP contribution is -2.50. The molecule has 262 valence electrons. The Balaban J connectivity index is 0. The van der Waals surface area contributed by atoms with E-state index in [1.54, 1.807) is 0 Å². The van der Waals surface area contributed by atoms with Crippen LogP contribution >= 0.6 is 0 Å². The summed E-state index contributed by atoms with van der Waals surface area (Å²) in [6.07, 6.45) is 36.9.